The number of nitrogens with zero attached hydrogens (tertiary/aromatic N) is 1. The lowest BCUT2D eigenvalue weighted by Gasteiger charge is -2.18. The van der Waals surface area contributed by atoms with Gasteiger partial charge in [-0.25, -0.2) is 0 Å². The second-order valence-corrected chi connectivity index (χ2v) is 2.67. The van der Waals surface area contributed by atoms with E-state index < -0.39 is 0 Å². The smallest absolute Gasteiger partial charge is 0.0296 e. The maximum absolute atomic E-state index is 5.43. The molecule has 0 unspecified atom stereocenters. The zero-order valence-electron chi connectivity index (χ0n) is 8.08. The molecule has 0 aromatic heterocycles. The molecule has 0 spiro atoms. The molecule has 0 aliphatic carbocycles. The molecule has 5 nitrogen and oxygen atoms in total. The van der Waals surface area contributed by atoms with E-state index in [4.69, 9.17) is 17.2 Å². The van der Waals surface area contributed by atoms with Crippen molar-refractivity contribution in [1.29, 1.82) is 0 Å². The van der Waals surface area contributed by atoms with Crippen LogP contribution in [0, 0.1) is 0 Å². The summed E-state index contributed by atoms with van der Waals surface area (Å²) in [5.74, 6) is 0. The van der Waals surface area contributed by atoms with E-state index in [-0.39, 0.29) is 0 Å². The van der Waals surface area contributed by atoms with Crippen LogP contribution in [0.15, 0.2) is 12.4 Å². The fraction of sp³-hybridized carbons (Fsp3) is 0.750. The van der Waals surface area contributed by atoms with Crippen LogP contribution in [0.3, 0.4) is 0 Å². The maximum Gasteiger partial charge on any atom is 0.0296 e. The van der Waals surface area contributed by atoms with E-state index in [0.29, 0.717) is 19.6 Å². The topological polar surface area (TPSA) is 93.3 Å². The number of nitrogens with two attached hydrogens (primary N) is 3. The summed E-state index contributed by atoms with van der Waals surface area (Å²) in [6.07, 6.45) is 3.83. The van der Waals surface area contributed by atoms with Gasteiger partial charge >= 0.3 is 0 Å². The second kappa shape index (κ2) is 9.31. The van der Waals surface area contributed by atoms with Crippen LogP contribution in [-0.4, -0.2) is 44.2 Å². The third-order valence-electron chi connectivity index (χ3n) is 1.52. The highest BCUT2D eigenvalue weighted by Gasteiger charge is 1.93. The number of nitrogens with one attached hydrogen (secondary N) is 1. The van der Waals surface area contributed by atoms with E-state index in [2.05, 4.69) is 10.2 Å². The van der Waals surface area contributed by atoms with E-state index in [1.165, 1.54) is 0 Å². The molecule has 0 aliphatic heterocycles. The van der Waals surface area contributed by atoms with E-state index in [1.54, 1.807) is 0 Å². The highest BCUT2D eigenvalue weighted by atomic mass is 15.1. The molecule has 0 aromatic carbocycles. The third kappa shape index (κ3) is 7.58. The molecule has 0 rings (SSSR count). The lowest BCUT2D eigenvalue weighted by atomic mass is 10.5. The Kier molecular flexibility index (Phi) is 8.75. The molecule has 0 amide bonds. The summed E-state index contributed by atoms with van der Waals surface area (Å²) >= 11 is 0. The molecule has 13 heavy (non-hydrogen) atoms. The van der Waals surface area contributed by atoms with Crippen molar-refractivity contribution < 1.29 is 0 Å². The monoisotopic (exact) mass is 187 g/mol. The molecule has 0 radical (unpaired) electrons. The van der Waals surface area contributed by atoms with Gasteiger partial charge in [-0.1, -0.05) is 0 Å². The summed E-state index contributed by atoms with van der Waals surface area (Å²) in [4.78, 5) is 2.07. The number of hydrogen-bond acceptors (Lipinski definition) is 5. The van der Waals surface area contributed by atoms with Crippen molar-refractivity contribution in [3.63, 3.8) is 0 Å². The Morgan fingerprint density at radius 2 is 1.62 bits per heavy atom. The minimum atomic E-state index is 0.637. The summed E-state index contributed by atoms with van der Waals surface area (Å²) in [5.41, 5.74) is 16.2. The Labute approximate surface area is 79.9 Å². The van der Waals surface area contributed by atoms with Crippen LogP contribution in [0.5, 0.6) is 0 Å². The van der Waals surface area contributed by atoms with Crippen LogP contribution in [-0.2, 0) is 0 Å². The first kappa shape index (κ1) is 12.2. The third-order valence-corrected chi connectivity index (χ3v) is 1.52. The lowest BCUT2D eigenvalue weighted by Crippen LogP contribution is -2.30. The Balaban J connectivity index is 3.58. The van der Waals surface area contributed by atoms with Crippen molar-refractivity contribution in [2.45, 2.75) is 0 Å². The van der Waals surface area contributed by atoms with Gasteiger partial charge in [0.1, 0.15) is 0 Å². The van der Waals surface area contributed by atoms with E-state index >= 15 is 0 Å². The fourth-order valence-electron chi connectivity index (χ4n) is 0.917. The molecule has 0 aromatic rings. The van der Waals surface area contributed by atoms with Crippen molar-refractivity contribution in [3.8, 4) is 0 Å². The standard InChI is InChI=1S/C8H21N5/c9-1-4-12-5-8-13(6-2-10)7-3-11/h5,8,12H,1-4,6-7,9-11H2/b8-5+. The fourth-order valence-corrected chi connectivity index (χ4v) is 0.917. The van der Waals surface area contributed by atoms with Crippen molar-refractivity contribution in [3.05, 3.63) is 12.4 Å². The highest BCUT2D eigenvalue weighted by Crippen LogP contribution is 1.85. The zero-order valence-corrected chi connectivity index (χ0v) is 8.08. The molecule has 0 saturated carbocycles. The van der Waals surface area contributed by atoms with Gasteiger partial charge in [0.2, 0.25) is 0 Å². The average Bonchev–Trinajstić information content (AvgIpc) is 2.13. The summed E-state index contributed by atoms with van der Waals surface area (Å²) in [5, 5.41) is 3.05. The van der Waals surface area contributed by atoms with Crippen LogP contribution >= 0.6 is 0 Å². The average molecular weight is 187 g/mol. The Hall–Kier alpha value is -0.780. The summed E-state index contributed by atoms with van der Waals surface area (Å²) in [6.45, 7) is 4.37. The second-order valence-electron chi connectivity index (χ2n) is 2.67. The van der Waals surface area contributed by atoms with Crippen molar-refractivity contribution in [2.75, 3.05) is 39.3 Å². The molecular formula is C8H21N5. The number of hydrogen-bond donors (Lipinski definition) is 4. The maximum atomic E-state index is 5.43. The molecule has 0 heterocycles. The van der Waals surface area contributed by atoms with Crippen LogP contribution in [0.25, 0.3) is 0 Å². The minimum absolute atomic E-state index is 0.637. The minimum Gasteiger partial charge on any atom is -0.388 e. The lowest BCUT2D eigenvalue weighted by molar-refractivity contribution is 0.393. The van der Waals surface area contributed by atoms with Gasteiger partial charge in [-0.3, -0.25) is 0 Å². The number of rotatable bonds is 8. The zero-order chi connectivity index (χ0) is 9.94. The predicted molar refractivity (Wildman–Crippen MR) is 55.9 cm³/mol. The molecular weight excluding hydrogens is 166 g/mol. The van der Waals surface area contributed by atoms with Crippen molar-refractivity contribution >= 4 is 0 Å². The predicted octanol–water partition coefficient (Wildman–Crippen LogP) is -1.77. The van der Waals surface area contributed by atoms with E-state index in [1.807, 2.05) is 12.4 Å². The van der Waals surface area contributed by atoms with Gasteiger partial charge in [0.15, 0.2) is 0 Å². The van der Waals surface area contributed by atoms with Gasteiger partial charge in [-0.2, -0.15) is 0 Å². The van der Waals surface area contributed by atoms with Crippen LogP contribution in [0.1, 0.15) is 0 Å². The van der Waals surface area contributed by atoms with E-state index in [0.717, 1.165) is 19.6 Å². The van der Waals surface area contributed by atoms with Crippen LogP contribution in [0.2, 0.25) is 0 Å². The first-order valence-corrected chi connectivity index (χ1v) is 4.59. The van der Waals surface area contributed by atoms with Crippen LogP contribution in [0.4, 0.5) is 0 Å². The van der Waals surface area contributed by atoms with Crippen molar-refractivity contribution in [1.82, 2.24) is 10.2 Å². The van der Waals surface area contributed by atoms with Gasteiger partial charge in [0, 0.05) is 51.7 Å². The molecule has 78 valence electrons. The molecule has 0 fully saturated rings. The SMILES string of the molecule is NCCN/C=C/N(CCN)CCN. The molecule has 0 saturated heterocycles. The molecule has 0 aliphatic rings. The quantitative estimate of drug-likeness (QED) is 0.337. The Morgan fingerprint density at radius 1 is 1.00 bits per heavy atom. The summed E-state index contributed by atoms with van der Waals surface area (Å²) in [7, 11) is 0. The van der Waals surface area contributed by atoms with Gasteiger partial charge in [-0.15, -0.1) is 0 Å². The molecule has 5 heteroatoms. The Morgan fingerprint density at radius 3 is 2.08 bits per heavy atom. The highest BCUT2D eigenvalue weighted by molar-refractivity contribution is 4.81. The first-order valence-electron chi connectivity index (χ1n) is 4.59. The summed E-state index contributed by atoms with van der Waals surface area (Å²) < 4.78 is 0. The molecule has 7 N–H and O–H groups in total. The van der Waals surface area contributed by atoms with Crippen molar-refractivity contribution in [2.24, 2.45) is 17.2 Å². The Bertz CT molecular complexity index is 120. The normalized spacial score (nSPS) is 10.7. The summed E-state index contributed by atoms with van der Waals surface area (Å²) in [6, 6.07) is 0. The van der Waals surface area contributed by atoms with E-state index in [9.17, 15) is 0 Å². The molecule has 0 bridgehead atoms. The van der Waals surface area contributed by atoms with Gasteiger partial charge in [-0.05, 0) is 0 Å². The first-order chi connectivity index (χ1) is 6.35. The largest absolute Gasteiger partial charge is 0.388 e. The molecule has 0 atom stereocenters. The van der Waals surface area contributed by atoms with Gasteiger partial charge in [0.05, 0.1) is 0 Å². The van der Waals surface area contributed by atoms with Gasteiger partial charge in [0.25, 0.3) is 0 Å². The van der Waals surface area contributed by atoms with Gasteiger partial charge < -0.3 is 27.4 Å². The van der Waals surface area contributed by atoms with Crippen LogP contribution < -0.4 is 22.5 Å².